The van der Waals surface area contributed by atoms with Crippen molar-refractivity contribution >= 4 is 8.25 Å². The molecular formula is C12H29NO3P+. The number of nitrogens with zero attached hydrogens (tertiary/aromatic N) is 1. The van der Waals surface area contributed by atoms with E-state index < -0.39 is 8.25 Å². The minimum Gasteiger partial charge on any atom is -0.566 e. The van der Waals surface area contributed by atoms with Gasteiger partial charge in [0.15, 0.2) is 0 Å². The summed E-state index contributed by atoms with van der Waals surface area (Å²) in [4.78, 5) is 9.69. The van der Waals surface area contributed by atoms with Gasteiger partial charge >= 0.3 is 8.25 Å². The largest absolute Gasteiger partial charge is 0.566 e. The molecule has 0 radical (unpaired) electrons. The van der Waals surface area contributed by atoms with Gasteiger partial charge in [0, 0.05) is 0 Å². The maximum absolute atomic E-state index is 9.69. The van der Waals surface area contributed by atoms with Crippen molar-refractivity contribution in [3.8, 4) is 0 Å². The topological polar surface area (TPSA) is 49.4 Å². The summed E-state index contributed by atoms with van der Waals surface area (Å²) >= 11 is 0. The second-order valence-electron chi connectivity index (χ2n) is 4.02. The van der Waals surface area contributed by atoms with Gasteiger partial charge < -0.3 is 9.38 Å². The molecule has 5 heteroatoms. The van der Waals surface area contributed by atoms with Crippen molar-refractivity contribution in [1.82, 2.24) is 0 Å². The van der Waals surface area contributed by atoms with E-state index in [2.05, 4.69) is 32.2 Å². The van der Waals surface area contributed by atoms with Gasteiger partial charge in [0.1, 0.15) is 6.61 Å². The Morgan fingerprint density at radius 2 is 1.41 bits per heavy atom. The summed E-state index contributed by atoms with van der Waals surface area (Å²) in [5.41, 5.74) is 0. The Labute approximate surface area is 108 Å². The van der Waals surface area contributed by atoms with E-state index in [4.69, 9.17) is 0 Å². The van der Waals surface area contributed by atoms with Crippen LogP contribution in [0.15, 0.2) is 0 Å². The lowest BCUT2D eigenvalue weighted by molar-refractivity contribution is -0.921. The van der Waals surface area contributed by atoms with Gasteiger partial charge in [-0.25, -0.2) is 0 Å². The van der Waals surface area contributed by atoms with Crippen LogP contribution < -0.4 is 4.89 Å². The number of unbranched alkanes of at least 4 members (excludes halogenated alkanes) is 1. The van der Waals surface area contributed by atoms with Crippen LogP contribution in [0.4, 0.5) is 0 Å². The van der Waals surface area contributed by atoms with Gasteiger partial charge in [-0.2, -0.15) is 0 Å². The Kier molecular flexibility index (Phi) is 14.1. The fraction of sp³-hybridized carbons (Fsp3) is 1.00. The van der Waals surface area contributed by atoms with E-state index in [-0.39, 0.29) is 0 Å². The summed E-state index contributed by atoms with van der Waals surface area (Å²) < 4.78 is 15.2. The molecule has 0 fully saturated rings. The molecule has 0 aliphatic rings. The van der Waals surface area contributed by atoms with Crippen molar-refractivity contribution < 1.29 is 18.5 Å². The van der Waals surface area contributed by atoms with Crippen molar-refractivity contribution in [3.05, 3.63) is 0 Å². The molecular weight excluding hydrogens is 237 g/mol. The normalized spacial score (nSPS) is 11.8. The van der Waals surface area contributed by atoms with Crippen LogP contribution in [-0.4, -0.2) is 37.3 Å². The lowest BCUT2D eigenvalue weighted by Crippen LogP contribution is -2.47. The van der Waals surface area contributed by atoms with Gasteiger partial charge in [0.25, 0.3) is 0 Å². The Bertz CT molecular complexity index is 167. The highest BCUT2D eigenvalue weighted by molar-refractivity contribution is 7.30. The molecule has 0 aromatic carbocycles. The molecule has 0 spiro atoms. The predicted octanol–water partition coefficient (Wildman–Crippen LogP) is 2.70. The molecule has 0 rings (SSSR count). The zero-order valence-corrected chi connectivity index (χ0v) is 13.0. The molecule has 1 atom stereocenters. The van der Waals surface area contributed by atoms with Crippen molar-refractivity contribution in [1.29, 1.82) is 0 Å². The fourth-order valence-electron chi connectivity index (χ4n) is 1.63. The lowest BCUT2D eigenvalue weighted by Gasteiger charge is -2.34. The third-order valence-corrected chi connectivity index (χ3v) is 3.77. The van der Waals surface area contributed by atoms with E-state index >= 15 is 0 Å². The van der Waals surface area contributed by atoms with Crippen molar-refractivity contribution in [2.45, 2.75) is 47.5 Å². The van der Waals surface area contributed by atoms with Crippen LogP contribution in [0.3, 0.4) is 0 Å². The molecule has 0 bridgehead atoms. The summed E-state index contributed by atoms with van der Waals surface area (Å²) in [6.07, 6.45) is 1.77. The molecule has 4 nitrogen and oxygen atoms in total. The summed E-state index contributed by atoms with van der Waals surface area (Å²) in [6.45, 7) is 16.5. The Morgan fingerprint density at radius 1 is 1.00 bits per heavy atom. The minimum absolute atomic E-state index is 0.329. The van der Waals surface area contributed by atoms with Crippen LogP contribution in [0.1, 0.15) is 47.5 Å². The Morgan fingerprint density at radius 3 is 1.59 bits per heavy atom. The number of rotatable bonds is 8. The second-order valence-corrected chi connectivity index (χ2v) is 4.72. The Hall–Kier alpha value is -0.0200. The lowest BCUT2D eigenvalue weighted by atomic mass is 10.3. The summed E-state index contributed by atoms with van der Waals surface area (Å²) in [6, 6.07) is 0. The minimum atomic E-state index is -2.61. The van der Waals surface area contributed by atoms with Gasteiger partial charge in [-0.05, 0) is 38.7 Å². The predicted molar refractivity (Wildman–Crippen MR) is 70.9 cm³/mol. The van der Waals surface area contributed by atoms with E-state index in [1.54, 1.807) is 0 Å². The van der Waals surface area contributed by atoms with E-state index in [0.717, 1.165) is 12.8 Å². The molecule has 0 aromatic rings. The molecule has 104 valence electrons. The van der Waals surface area contributed by atoms with Crippen LogP contribution >= 0.6 is 8.25 Å². The highest BCUT2D eigenvalue weighted by Crippen LogP contribution is 2.08. The van der Waals surface area contributed by atoms with Crippen molar-refractivity contribution in [2.75, 3.05) is 32.8 Å². The van der Waals surface area contributed by atoms with Crippen LogP contribution in [0.5, 0.6) is 0 Å². The van der Waals surface area contributed by atoms with Crippen LogP contribution in [0, 0.1) is 0 Å². The first-order valence-electron chi connectivity index (χ1n) is 6.64. The van der Waals surface area contributed by atoms with E-state index in [0.29, 0.717) is 6.61 Å². The molecule has 0 aliphatic carbocycles. The monoisotopic (exact) mass is 266 g/mol. The number of hydrogen-bond donors (Lipinski definition) is 0. The van der Waals surface area contributed by atoms with E-state index in [9.17, 15) is 9.46 Å². The third kappa shape index (κ3) is 10.8. The zero-order chi connectivity index (χ0) is 13.7. The zero-order valence-electron chi connectivity index (χ0n) is 12.1. The van der Waals surface area contributed by atoms with Crippen molar-refractivity contribution in [3.63, 3.8) is 0 Å². The smallest absolute Gasteiger partial charge is 0.488 e. The van der Waals surface area contributed by atoms with Gasteiger partial charge in [0.05, 0.1) is 26.2 Å². The average Bonchev–Trinajstić information content (AvgIpc) is 2.34. The quantitative estimate of drug-likeness (QED) is 0.385. The number of hydrogen-bond acceptors (Lipinski definition) is 3. The van der Waals surface area contributed by atoms with Gasteiger partial charge in [0.2, 0.25) is 0 Å². The molecule has 0 saturated heterocycles. The third-order valence-electron chi connectivity index (χ3n) is 3.38. The second kappa shape index (κ2) is 12.4. The molecule has 0 heterocycles. The molecule has 0 N–H and O–H groups in total. The highest BCUT2D eigenvalue weighted by Gasteiger charge is 2.16. The SMILES string of the molecule is CCCCO[P+](=O)[O-].CC[N+](CC)(CC)CC. The fourth-order valence-corrected chi connectivity index (χ4v) is 1.90. The molecule has 0 saturated carbocycles. The van der Waals surface area contributed by atoms with E-state index in [1.165, 1.54) is 30.7 Å². The molecule has 0 amide bonds. The molecule has 0 aromatic heterocycles. The summed E-state index contributed by atoms with van der Waals surface area (Å²) in [7, 11) is -2.61. The van der Waals surface area contributed by atoms with Crippen LogP contribution in [0.2, 0.25) is 0 Å². The maximum Gasteiger partial charge on any atom is 0.488 e. The van der Waals surface area contributed by atoms with Crippen molar-refractivity contribution in [2.24, 2.45) is 0 Å². The first-order valence-corrected chi connectivity index (χ1v) is 7.73. The summed E-state index contributed by atoms with van der Waals surface area (Å²) in [5.74, 6) is 0. The van der Waals surface area contributed by atoms with E-state index in [1.807, 2.05) is 6.92 Å². The molecule has 0 aliphatic heterocycles. The Balaban J connectivity index is 0. The standard InChI is InChI=1S/C8H20N.C4H9O3P/c1-5-9(6-2,7-3)8-4;1-2-3-4-7-8(5)6/h5-8H2,1-4H3;2-4H2,1H3/q+1;. The summed E-state index contributed by atoms with van der Waals surface area (Å²) in [5, 5.41) is 0. The average molecular weight is 266 g/mol. The highest BCUT2D eigenvalue weighted by atomic mass is 31.1. The molecule has 1 unspecified atom stereocenters. The van der Waals surface area contributed by atoms with Gasteiger partial charge in [-0.3, -0.25) is 0 Å². The van der Waals surface area contributed by atoms with Gasteiger partial charge in [-0.15, -0.1) is 4.52 Å². The first-order chi connectivity index (χ1) is 8.01. The number of quaternary nitrogens is 1. The van der Waals surface area contributed by atoms with Crippen LogP contribution in [-0.2, 0) is 9.09 Å². The van der Waals surface area contributed by atoms with Gasteiger partial charge in [-0.1, -0.05) is 13.3 Å². The maximum atomic E-state index is 9.69. The molecule has 17 heavy (non-hydrogen) atoms. The van der Waals surface area contributed by atoms with Crippen LogP contribution in [0.25, 0.3) is 0 Å². The first kappa shape index (κ1) is 19.3.